The minimum Gasteiger partial charge on any atom is -0.477 e. The Morgan fingerprint density at radius 2 is 2.27 bits per heavy atom. The first-order valence-electron chi connectivity index (χ1n) is 4.20. The second-order valence-electron chi connectivity index (χ2n) is 2.96. The highest BCUT2D eigenvalue weighted by atomic mass is 79.9. The summed E-state index contributed by atoms with van der Waals surface area (Å²) in [5, 5.41) is 8.92. The van der Waals surface area contributed by atoms with Gasteiger partial charge >= 0.3 is 5.97 Å². The van der Waals surface area contributed by atoms with Crippen molar-refractivity contribution in [1.29, 1.82) is 0 Å². The molecule has 5 heteroatoms. The third-order valence-electron chi connectivity index (χ3n) is 1.98. The van der Waals surface area contributed by atoms with Crippen LogP contribution in [-0.2, 0) is 0 Å². The largest absolute Gasteiger partial charge is 0.477 e. The topological polar surface area (TPSA) is 66.0 Å². The molecule has 76 valence electrons. The Bertz CT molecular complexity index is 508. The van der Waals surface area contributed by atoms with Crippen molar-refractivity contribution in [3.05, 3.63) is 40.9 Å². The monoisotopic (exact) mass is 266 g/mol. The van der Waals surface area contributed by atoms with Crippen LogP contribution in [0.3, 0.4) is 0 Å². The number of aromatic amines is 1. The summed E-state index contributed by atoms with van der Waals surface area (Å²) in [5.74, 6) is -0.977. The summed E-state index contributed by atoms with van der Waals surface area (Å²) >= 11 is 3.29. The maximum atomic E-state index is 10.9. The van der Waals surface area contributed by atoms with Crippen LogP contribution in [-0.4, -0.2) is 21.0 Å². The van der Waals surface area contributed by atoms with E-state index in [4.69, 9.17) is 5.11 Å². The summed E-state index contributed by atoms with van der Waals surface area (Å²) in [5.41, 5.74) is 1.58. The van der Waals surface area contributed by atoms with Gasteiger partial charge in [0.2, 0.25) is 0 Å². The average Bonchev–Trinajstić information content (AvgIpc) is 2.65. The molecular weight excluding hydrogens is 260 g/mol. The van der Waals surface area contributed by atoms with Crippen LogP contribution in [0.4, 0.5) is 0 Å². The molecule has 0 bridgehead atoms. The molecule has 2 heterocycles. The number of rotatable bonds is 2. The zero-order chi connectivity index (χ0) is 10.8. The molecule has 0 amide bonds. The van der Waals surface area contributed by atoms with Crippen molar-refractivity contribution in [1.82, 2.24) is 9.97 Å². The number of carbonyl (C=O) groups is 1. The van der Waals surface area contributed by atoms with Gasteiger partial charge in [0, 0.05) is 34.2 Å². The zero-order valence-electron chi connectivity index (χ0n) is 7.57. The van der Waals surface area contributed by atoms with Crippen LogP contribution in [0.2, 0.25) is 0 Å². The van der Waals surface area contributed by atoms with E-state index in [9.17, 15) is 4.79 Å². The first-order chi connectivity index (χ1) is 7.18. The fourth-order valence-electron chi connectivity index (χ4n) is 1.35. The van der Waals surface area contributed by atoms with Gasteiger partial charge in [-0.05, 0) is 28.1 Å². The Hall–Kier alpha value is -1.62. The number of nitrogens with zero attached hydrogens (tertiary/aromatic N) is 1. The highest BCUT2D eigenvalue weighted by Gasteiger charge is 2.12. The zero-order valence-corrected chi connectivity index (χ0v) is 9.15. The molecule has 0 saturated carbocycles. The minimum absolute atomic E-state index is 0.176. The van der Waals surface area contributed by atoms with E-state index in [2.05, 4.69) is 25.9 Å². The van der Waals surface area contributed by atoms with Gasteiger partial charge in [-0.2, -0.15) is 0 Å². The van der Waals surface area contributed by atoms with Crippen molar-refractivity contribution < 1.29 is 9.90 Å². The molecule has 0 saturated heterocycles. The van der Waals surface area contributed by atoms with Gasteiger partial charge in [0.05, 0.1) is 0 Å². The van der Waals surface area contributed by atoms with E-state index in [0.29, 0.717) is 5.56 Å². The van der Waals surface area contributed by atoms with Crippen molar-refractivity contribution in [2.24, 2.45) is 0 Å². The van der Waals surface area contributed by atoms with E-state index in [1.165, 1.54) is 0 Å². The number of aromatic nitrogens is 2. The SMILES string of the molecule is O=C(O)c1[nH]ccc1-c1cncc(Br)c1. The lowest BCUT2D eigenvalue weighted by Gasteiger charge is -2.00. The molecule has 0 unspecified atom stereocenters. The van der Waals surface area contributed by atoms with Crippen molar-refractivity contribution in [3.8, 4) is 11.1 Å². The second-order valence-corrected chi connectivity index (χ2v) is 3.88. The number of halogens is 1. The minimum atomic E-state index is -0.977. The molecule has 0 aliphatic heterocycles. The van der Waals surface area contributed by atoms with Crippen LogP contribution >= 0.6 is 15.9 Å². The Labute approximate surface area is 94.1 Å². The molecule has 2 rings (SSSR count). The molecule has 2 N–H and O–H groups in total. The van der Waals surface area contributed by atoms with Gasteiger partial charge in [-0.25, -0.2) is 4.79 Å². The molecule has 2 aromatic rings. The standard InChI is InChI=1S/C10H7BrN2O2/c11-7-3-6(4-12-5-7)8-1-2-13-9(8)10(14)15/h1-5,13H,(H,14,15). The number of carboxylic acids is 1. The van der Waals surface area contributed by atoms with Crippen LogP contribution in [0.1, 0.15) is 10.5 Å². The van der Waals surface area contributed by atoms with E-state index in [0.717, 1.165) is 10.0 Å². The van der Waals surface area contributed by atoms with Gasteiger partial charge in [-0.1, -0.05) is 0 Å². The molecule has 0 spiro atoms. The van der Waals surface area contributed by atoms with Crippen LogP contribution in [0.15, 0.2) is 35.2 Å². The normalized spacial score (nSPS) is 10.2. The van der Waals surface area contributed by atoms with Gasteiger partial charge in [-0.3, -0.25) is 4.98 Å². The van der Waals surface area contributed by atoms with E-state index in [-0.39, 0.29) is 5.69 Å². The molecule has 0 aromatic carbocycles. The van der Waals surface area contributed by atoms with E-state index < -0.39 is 5.97 Å². The van der Waals surface area contributed by atoms with Crippen molar-refractivity contribution in [2.75, 3.05) is 0 Å². The number of H-pyrrole nitrogens is 1. The first-order valence-corrected chi connectivity index (χ1v) is 4.99. The van der Waals surface area contributed by atoms with Crippen molar-refractivity contribution in [3.63, 3.8) is 0 Å². The molecule has 0 aliphatic rings. The second kappa shape index (κ2) is 3.86. The van der Waals surface area contributed by atoms with Crippen LogP contribution in [0.25, 0.3) is 11.1 Å². The molecule has 15 heavy (non-hydrogen) atoms. The number of pyridine rings is 1. The Morgan fingerprint density at radius 3 is 2.93 bits per heavy atom. The lowest BCUT2D eigenvalue weighted by molar-refractivity contribution is 0.0692. The maximum Gasteiger partial charge on any atom is 0.352 e. The maximum absolute atomic E-state index is 10.9. The number of carboxylic acid groups (broad SMARTS) is 1. The number of hydrogen-bond acceptors (Lipinski definition) is 2. The summed E-state index contributed by atoms with van der Waals surface area (Å²) in [6, 6.07) is 3.54. The highest BCUT2D eigenvalue weighted by Crippen LogP contribution is 2.24. The van der Waals surface area contributed by atoms with Crippen molar-refractivity contribution in [2.45, 2.75) is 0 Å². The van der Waals surface area contributed by atoms with Gasteiger partial charge in [-0.15, -0.1) is 0 Å². The molecule has 0 atom stereocenters. The predicted molar refractivity (Wildman–Crippen MR) is 58.7 cm³/mol. The molecular formula is C10H7BrN2O2. The lowest BCUT2D eigenvalue weighted by Crippen LogP contribution is -1.98. The van der Waals surface area contributed by atoms with Crippen LogP contribution in [0.5, 0.6) is 0 Å². The molecule has 2 aromatic heterocycles. The summed E-state index contributed by atoms with van der Waals surface area (Å²) in [6.07, 6.45) is 4.87. The van der Waals surface area contributed by atoms with Crippen LogP contribution < -0.4 is 0 Å². The smallest absolute Gasteiger partial charge is 0.352 e. The Morgan fingerprint density at radius 1 is 1.47 bits per heavy atom. The summed E-state index contributed by atoms with van der Waals surface area (Å²) in [4.78, 5) is 17.5. The third-order valence-corrected chi connectivity index (χ3v) is 2.41. The van der Waals surface area contributed by atoms with E-state index in [1.54, 1.807) is 24.7 Å². The number of nitrogens with one attached hydrogen (secondary N) is 1. The van der Waals surface area contributed by atoms with Gasteiger partial charge in [0.15, 0.2) is 0 Å². The van der Waals surface area contributed by atoms with Gasteiger partial charge in [0.25, 0.3) is 0 Å². The summed E-state index contributed by atoms with van der Waals surface area (Å²) in [7, 11) is 0. The first kappa shape index (κ1) is 9.92. The quantitative estimate of drug-likeness (QED) is 0.878. The average molecular weight is 267 g/mol. The third kappa shape index (κ3) is 1.92. The summed E-state index contributed by atoms with van der Waals surface area (Å²) < 4.78 is 0.817. The predicted octanol–water partition coefficient (Wildman–Crippen LogP) is 2.54. The molecule has 0 radical (unpaired) electrons. The van der Waals surface area contributed by atoms with Gasteiger partial charge < -0.3 is 10.1 Å². The summed E-state index contributed by atoms with van der Waals surface area (Å²) in [6.45, 7) is 0. The number of aromatic carboxylic acids is 1. The lowest BCUT2D eigenvalue weighted by atomic mass is 10.1. The Balaban J connectivity index is 2.54. The fourth-order valence-corrected chi connectivity index (χ4v) is 1.71. The van der Waals surface area contributed by atoms with Gasteiger partial charge in [0.1, 0.15) is 5.69 Å². The van der Waals surface area contributed by atoms with E-state index in [1.807, 2.05) is 6.07 Å². The van der Waals surface area contributed by atoms with E-state index >= 15 is 0 Å². The van der Waals surface area contributed by atoms with Crippen LogP contribution in [0, 0.1) is 0 Å². The highest BCUT2D eigenvalue weighted by molar-refractivity contribution is 9.10. The molecule has 0 aliphatic carbocycles. The van der Waals surface area contributed by atoms with Crippen molar-refractivity contribution >= 4 is 21.9 Å². The molecule has 0 fully saturated rings. The molecule has 4 nitrogen and oxygen atoms in total. The Kier molecular flexibility index (Phi) is 2.55. The fraction of sp³-hybridized carbons (Fsp3) is 0. The number of hydrogen-bond donors (Lipinski definition) is 2.